The minimum atomic E-state index is -0.165. The predicted molar refractivity (Wildman–Crippen MR) is 239 cm³/mol. The molecule has 0 N–H and O–H groups in total. The highest BCUT2D eigenvalue weighted by Gasteiger charge is 2.37. The van der Waals surface area contributed by atoms with Crippen molar-refractivity contribution in [3.63, 3.8) is 0 Å². The Morgan fingerprint density at radius 2 is 1.18 bits per heavy atom. The minimum Gasteiger partial charge on any atom is -0.456 e. The second kappa shape index (κ2) is 12.9. The summed E-state index contributed by atoms with van der Waals surface area (Å²) in [6, 6.07) is 64.5. The third-order valence-electron chi connectivity index (χ3n) is 12.5. The summed E-state index contributed by atoms with van der Waals surface area (Å²) in [6.07, 6.45) is 1.05. The van der Waals surface area contributed by atoms with E-state index in [-0.39, 0.29) is 5.41 Å². The van der Waals surface area contributed by atoms with Crippen molar-refractivity contribution >= 4 is 44.7 Å². The summed E-state index contributed by atoms with van der Waals surface area (Å²) in [4.78, 5) is 4.92. The fraction of sp³-hybridized carbons (Fsp3) is 0.111. The zero-order valence-corrected chi connectivity index (χ0v) is 32.5. The van der Waals surface area contributed by atoms with Crippen LogP contribution < -0.4 is 9.80 Å². The molecule has 1 aliphatic heterocycles. The number of hydrogen-bond acceptors (Lipinski definition) is 3. The molecule has 274 valence electrons. The summed E-state index contributed by atoms with van der Waals surface area (Å²) in [6.45, 7) is 5.77. The van der Waals surface area contributed by atoms with Gasteiger partial charge in [0.05, 0.1) is 5.69 Å². The van der Waals surface area contributed by atoms with Crippen molar-refractivity contribution in [3.8, 4) is 44.5 Å². The van der Waals surface area contributed by atoms with Gasteiger partial charge < -0.3 is 14.2 Å². The Morgan fingerprint density at radius 3 is 2.05 bits per heavy atom. The number of likely N-dealkylation sites (N-methyl/N-ethyl adjacent to an activating group) is 1. The van der Waals surface area contributed by atoms with E-state index in [1.165, 1.54) is 61.4 Å². The average molecular weight is 735 g/mol. The Bertz CT molecular complexity index is 3010. The van der Waals surface area contributed by atoms with Crippen LogP contribution in [0.3, 0.4) is 0 Å². The van der Waals surface area contributed by atoms with Crippen molar-refractivity contribution in [2.45, 2.75) is 25.7 Å². The molecule has 0 radical (unpaired) electrons. The molecule has 1 aromatic heterocycles. The number of hydrogen-bond donors (Lipinski definition) is 0. The van der Waals surface area contributed by atoms with Gasteiger partial charge in [-0.2, -0.15) is 0 Å². The molecule has 0 unspecified atom stereocenters. The molecule has 1 aliphatic carbocycles. The molecular formula is C54H42N2O. The lowest BCUT2D eigenvalue weighted by Gasteiger charge is -2.31. The first-order valence-corrected chi connectivity index (χ1v) is 20.0. The molecule has 2 aliphatic rings. The van der Waals surface area contributed by atoms with Crippen LogP contribution in [0.4, 0.5) is 22.7 Å². The number of furan rings is 1. The third-order valence-corrected chi connectivity index (χ3v) is 12.5. The van der Waals surface area contributed by atoms with E-state index in [1.807, 2.05) is 12.1 Å². The molecule has 2 heterocycles. The van der Waals surface area contributed by atoms with Gasteiger partial charge in [-0.15, -0.1) is 0 Å². The molecule has 0 saturated carbocycles. The normalized spacial score (nSPS) is 13.8. The summed E-state index contributed by atoms with van der Waals surface area (Å²) >= 11 is 0. The van der Waals surface area contributed by atoms with E-state index in [0.29, 0.717) is 0 Å². The van der Waals surface area contributed by atoms with Gasteiger partial charge >= 0.3 is 0 Å². The molecule has 11 rings (SSSR count). The molecule has 8 aromatic carbocycles. The second-order valence-electron chi connectivity index (χ2n) is 16.2. The highest BCUT2D eigenvalue weighted by Crippen LogP contribution is 2.55. The van der Waals surface area contributed by atoms with Crippen LogP contribution in [0.25, 0.3) is 66.4 Å². The van der Waals surface area contributed by atoms with Crippen LogP contribution in [-0.4, -0.2) is 13.6 Å². The first-order chi connectivity index (χ1) is 27.9. The van der Waals surface area contributed by atoms with E-state index in [1.54, 1.807) is 0 Å². The van der Waals surface area contributed by atoms with Gasteiger partial charge in [0.1, 0.15) is 11.2 Å². The standard InChI is InChI=1S/C54H42N2O/c1-54(2)48-21-9-7-18-42(48)46-33-47(45-20-12-15-37-29-30-55(3)53(37)45)50(34-49(46)54)56(40-26-23-36(24-27-40)35-13-5-4-6-14-35)41-17-11-16-38(31-41)39-25-28-44-43-19-8-10-22-51(43)57-52(44)32-39/h4-28,31-34H,29-30H2,1-3H3. The Hall–Kier alpha value is -6.84. The van der Waals surface area contributed by atoms with Crippen LogP contribution >= 0.6 is 0 Å². The number of rotatable bonds is 6. The van der Waals surface area contributed by atoms with Gasteiger partial charge in [-0.05, 0) is 111 Å². The van der Waals surface area contributed by atoms with E-state index >= 15 is 0 Å². The first kappa shape index (κ1) is 33.5. The van der Waals surface area contributed by atoms with Gasteiger partial charge in [0, 0.05) is 58.0 Å². The summed E-state index contributed by atoms with van der Waals surface area (Å²) in [5.74, 6) is 0. The molecule has 9 aromatic rings. The highest BCUT2D eigenvalue weighted by molar-refractivity contribution is 6.06. The summed E-state index contributed by atoms with van der Waals surface area (Å²) in [5.41, 5.74) is 20.3. The lowest BCUT2D eigenvalue weighted by Crippen LogP contribution is -2.18. The topological polar surface area (TPSA) is 19.6 Å². The SMILES string of the molecule is CN1CCc2cccc(-c3cc4c(cc3N(c3ccc(-c5ccccc5)cc3)c3cccc(-c5ccc6c(c5)oc5ccccc56)c3)C(C)(C)c3ccccc3-4)c21. The maximum Gasteiger partial charge on any atom is 0.136 e. The quantitative estimate of drug-likeness (QED) is 0.170. The smallest absolute Gasteiger partial charge is 0.136 e. The van der Waals surface area contributed by atoms with Gasteiger partial charge in [0.2, 0.25) is 0 Å². The number of fused-ring (bicyclic) bond motifs is 7. The molecule has 0 fully saturated rings. The lowest BCUT2D eigenvalue weighted by atomic mass is 9.81. The van der Waals surface area contributed by atoms with Crippen LogP contribution in [0.1, 0.15) is 30.5 Å². The summed E-state index contributed by atoms with van der Waals surface area (Å²) < 4.78 is 6.36. The first-order valence-electron chi connectivity index (χ1n) is 20.0. The maximum atomic E-state index is 6.36. The Kier molecular flexibility index (Phi) is 7.56. The maximum absolute atomic E-state index is 6.36. The zero-order valence-electron chi connectivity index (χ0n) is 32.5. The van der Waals surface area contributed by atoms with Gasteiger partial charge in [-0.3, -0.25) is 0 Å². The van der Waals surface area contributed by atoms with Crippen LogP contribution in [0.2, 0.25) is 0 Å². The molecule has 3 nitrogen and oxygen atoms in total. The van der Waals surface area contributed by atoms with Gasteiger partial charge in [0.25, 0.3) is 0 Å². The fourth-order valence-electron chi connectivity index (χ4n) is 9.59. The van der Waals surface area contributed by atoms with E-state index in [4.69, 9.17) is 4.42 Å². The average Bonchev–Trinajstić information content (AvgIpc) is 3.90. The molecule has 0 spiro atoms. The van der Waals surface area contributed by atoms with E-state index in [2.05, 4.69) is 194 Å². The van der Waals surface area contributed by atoms with E-state index in [0.717, 1.165) is 57.4 Å². The molecule has 0 atom stereocenters. The van der Waals surface area contributed by atoms with E-state index in [9.17, 15) is 0 Å². The molecule has 3 heteroatoms. The number of anilines is 4. The van der Waals surface area contributed by atoms with Crippen LogP contribution in [-0.2, 0) is 11.8 Å². The van der Waals surface area contributed by atoms with Crippen molar-refractivity contribution in [2.24, 2.45) is 0 Å². The van der Waals surface area contributed by atoms with Crippen molar-refractivity contribution in [3.05, 3.63) is 193 Å². The summed E-state index contributed by atoms with van der Waals surface area (Å²) in [5, 5.41) is 2.28. The summed E-state index contributed by atoms with van der Waals surface area (Å²) in [7, 11) is 2.24. The Labute approximate surface area is 334 Å². The largest absolute Gasteiger partial charge is 0.456 e. The predicted octanol–water partition coefficient (Wildman–Crippen LogP) is 14.4. The van der Waals surface area contributed by atoms with Gasteiger partial charge in [-0.1, -0.05) is 135 Å². The van der Waals surface area contributed by atoms with Crippen LogP contribution in [0, 0.1) is 0 Å². The third kappa shape index (κ3) is 5.33. The van der Waals surface area contributed by atoms with E-state index < -0.39 is 0 Å². The van der Waals surface area contributed by atoms with Crippen molar-refractivity contribution in [2.75, 3.05) is 23.4 Å². The Morgan fingerprint density at radius 1 is 0.491 bits per heavy atom. The van der Waals surface area contributed by atoms with Crippen LogP contribution in [0.15, 0.2) is 180 Å². The van der Waals surface area contributed by atoms with Crippen molar-refractivity contribution in [1.29, 1.82) is 0 Å². The van der Waals surface area contributed by atoms with Gasteiger partial charge in [0.15, 0.2) is 0 Å². The minimum absolute atomic E-state index is 0.165. The number of benzene rings is 8. The zero-order chi connectivity index (χ0) is 38.3. The monoisotopic (exact) mass is 734 g/mol. The van der Waals surface area contributed by atoms with Crippen molar-refractivity contribution in [1.82, 2.24) is 0 Å². The molecule has 0 bridgehead atoms. The lowest BCUT2D eigenvalue weighted by molar-refractivity contribution is 0.660. The number of para-hydroxylation sites is 2. The fourth-order valence-corrected chi connectivity index (χ4v) is 9.59. The van der Waals surface area contributed by atoms with Crippen LogP contribution in [0.5, 0.6) is 0 Å². The van der Waals surface area contributed by atoms with Gasteiger partial charge in [-0.25, -0.2) is 0 Å². The number of nitrogens with zero attached hydrogens (tertiary/aromatic N) is 2. The second-order valence-corrected chi connectivity index (χ2v) is 16.2. The Balaban J connectivity index is 1.15. The molecule has 0 amide bonds. The molecular weight excluding hydrogens is 693 g/mol. The van der Waals surface area contributed by atoms with Crippen molar-refractivity contribution < 1.29 is 4.42 Å². The molecule has 57 heavy (non-hydrogen) atoms. The highest BCUT2D eigenvalue weighted by atomic mass is 16.3. The molecule has 0 saturated heterocycles.